The molecule has 6 saturated heterocycles. The smallest absolute Gasteiger partial charge is 0.256 e. The number of halogens is 5. The number of fused-ring (bicyclic) bond motifs is 6. The lowest BCUT2D eigenvalue weighted by Gasteiger charge is -2.34. The molecule has 25 nitrogen and oxygen atoms in total. The van der Waals surface area contributed by atoms with Gasteiger partial charge in [-0.2, -0.15) is 8.61 Å². The van der Waals surface area contributed by atoms with Crippen LogP contribution in [-0.4, -0.2) is 258 Å². The molecule has 0 saturated carbocycles. The second-order valence-corrected chi connectivity index (χ2v) is 39.2. The van der Waals surface area contributed by atoms with Gasteiger partial charge in [-0.05, 0) is 219 Å². The van der Waals surface area contributed by atoms with Gasteiger partial charge in [-0.1, -0.05) is 0 Å². The maximum absolute atomic E-state index is 13.2. The summed E-state index contributed by atoms with van der Waals surface area (Å²) in [4.78, 5) is 77.3. The topological polar surface area (TPSA) is 295 Å². The molecule has 0 radical (unpaired) electrons. The van der Waals surface area contributed by atoms with Gasteiger partial charge in [0.25, 0.3) is 5.91 Å². The second kappa shape index (κ2) is 39.8. The van der Waals surface area contributed by atoms with Crippen LogP contribution in [0, 0.1) is 40.9 Å². The normalized spacial score (nSPS) is 18.0. The van der Waals surface area contributed by atoms with E-state index in [4.69, 9.17) is 0 Å². The van der Waals surface area contributed by atoms with Crippen LogP contribution in [0.3, 0.4) is 0 Å². The number of nitrogens with zero attached hydrogens (tertiary/aromatic N) is 9. The number of nitrogens with one attached hydrogen (secondary N) is 6. The van der Waals surface area contributed by atoms with Gasteiger partial charge in [0, 0.05) is 249 Å². The predicted molar refractivity (Wildman–Crippen MR) is 466 cm³/mol. The standard InChI is InChI=1S/C16H19FN2O.C15H18FN3O.C15H19FN2O2S.C15H22N2O.C14H16FN3O3S.C14H18FN3O2S/c1-11(20)19-6-4-12(5-7-19)8-13-10-18-16-9-14(17)2-3-15(13)16;1-11(20)19-6-4-18(5-7-19)10-12-9-17-15-8-13(16)2-3-14(12)15;1-21(19,20)18-6-4-11(5-7-18)8-12-10-17-15-9-13(16)2-3-14(12)15;1-11(18)17-8-6-12(7-9-17)14-10-16-15-5-3-2-4-13(14)15;1-22(20,21)18-6-4-17(5-7-18)14(19)12-9-16-13-8-10(15)2-3-11(12)13;1-21(19,20)18-6-4-17(5-7-18)10-11-9-16-14-8-12(15)2-3-13(11)14/h2-3,9-10,12,18H,4-8H2,1H3;2-3,8-9,17H,4-7,10H2,1H3;2-3,9-11,17H,4-8H2,1H3;10,12,16H,2-9H2,1H3;2-3,8-9,16H,4-7H2,1H3;2-3,8-9,16H,4-7,10H2,1H3. The third kappa shape index (κ3) is 23.2. The van der Waals surface area contributed by atoms with Crippen LogP contribution < -0.4 is 0 Å². The van der Waals surface area contributed by atoms with Crippen LogP contribution in [0.25, 0.3) is 54.5 Å². The van der Waals surface area contributed by atoms with Crippen molar-refractivity contribution in [1.82, 2.24) is 72.2 Å². The van der Waals surface area contributed by atoms with Gasteiger partial charge in [-0.25, -0.2) is 51.5 Å². The Balaban J connectivity index is 0.000000126. The van der Waals surface area contributed by atoms with Crippen molar-refractivity contribution in [2.24, 2.45) is 11.8 Å². The Bertz CT molecular complexity index is 5600. The zero-order valence-electron chi connectivity index (χ0n) is 70.2. The van der Waals surface area contributed by atoms with Crippen LogP contribution in [0.2, 0.25) is 0 Å². The number of likely N-dealkylation sites (tertiary alicyclic amines) is 2. The number of hydrogen-bond acceptors (Lipinski definition) is 12. The van der Waals surface area contributed by atoms with Crippen LogP contribution >= 0.6 is 0 Å². The molecule has 122 heavy (non-hydrogen) atoms. The van der Waals surface area contributed by atoms with Gasteiger partial charge < -0.3 is 49.5 Å². The summed E-state index contributed by atoms with van der Waals surface area (Å²) in [6.45, 7) is 18.3. The Morgan fingerprint density at radius 2 is 0.672 bits per heavy atom. The first-order valence-corrected chi connectivity index (χ1v) is 47.6. The average Bonchev–Trinajstić information content (AvgIpc) is 1.58. The van der Waals surface area contributed by atoms with Crippen LogP contribution in [-0.2, 0) is 83.2 Å². The van der Waals surface area contributed by atoms with E-state index in [0.29, 0.717) is 99.7 Å². The number of sulfonamides is 3. The number of carbonyl (C=O) groups is 4. The third-order valence-electron chi connectivity index (χ3n) is 24.9. The van der Waals surface area contributed by atoms with E-state index >= 15 is 0 Å². The Morgan fingerprint density at radius 1 is 0.352 bits per heavy atom. The molecule has 0 spiro atoms. The fourth-order valence-electron chi connectivity index (χ4n) is 17.8. The van der Waals surface area contributed by atoms with Gasteiger partial charge in [0.15, 0.2) is 0 Å². The fourth-order valence-corrected chi connectivity index (χ4v) is 20.4. The number of rotatable bonds is 13. The summed E-state index contributed by atoms with van der Waals surface area (Å²) >= 11 is 0. The summed E-state index contributed by atoms with van der Waals surface area (Å²) in [5.74, 6) is 0.834. The quantitative estimate of drug-likeness (QED) is 0.0588. The first-order chi connectivity index (χ1) is 58.2. The molecule has 0 atom stereocenters. The van der Waals surface area contributed by atoms with Crippen molar-refractivity contribution in [2.75, 3.05) is 137 Å². The lowest BCUT2D eigenvalue weighted by Crippen LogP contribution is -2.50. The highest BCUT2D eigenvalue weighted by Crippen LogP contribution is 2.36. The number of benzene rings is 5. The van der Waals surface area contributed by atoms with E-state index in [1.165, 1.54) is 136 Å². The molecule has 6 N–H and O–H groups in total. The van der Waals surface area contributed by atoms with Crippen molar-refractivity contribution in [1.29, 1.82) is 0 Å². The van der Waals surface area contributed by atoms with Crippen molar-refractivity contribution in [3.8, 4) is 0 Å². The molecule has 18 rings (SSSR count). The number of piperidine rings is 3. The molecule has 33 heteroatoms. The van der Waals surface area contributed by atoms with E-state index in [-0.39, 0.29) is 52.7 Å². The predicted octanol–water partition coefficient (Wildman–Crippen LogP) is 12.6. The van der Waals surface area contributed by atoms with E-state index < -0.39 is 30.1 Å². The Hall–Kier alpha value is -9.74. The fraction of sp³-hybridized carbons (Fsp3) is 0.461. The third-order valence-corrected chi connectivity index (χ3v) is 28.8. The minimum absolute atomic E-state index is 0.146. The van der Waals surface area contributed by atoms with Gasteiger partial charge in [-0.3, -0.25) is 29.0 Å². The highest BCUT2D eigenvalue weighted by molar-refractivity contribution is 7.88. The summed E-state index contributed by atoms with van der Waals surface area (Å²) in [5.41, 5.74) is 13.7. The largest absolute Gasteiger partial charge is 0.364 e. The van der Waals surface area contributed by atoms with Crippen molar-refractivity contribution in [3.63, 3.8) is 0 Å². The van der Waals surface area contributed by atoms with Crippen molar-refractivity contribution >= 4 is 108 Å². The molecule has 1 aliphatic carbocycles. The van der Waals surface area contributed by atoms with Gasteiger partial charge in [0.05, 0.1) is 24.3 Å². The Morgan fingerprint density at radius 3 is 1.08 bits per heavy atom. The second-order valence-electron chi connectivity index (χ2n) is 33.2. The van der Waals surface area contributed by atoms with Crippen LogP contribution in [0.5, 0.6) is 0 Å². The first kappa shape index (κ1) is 90.0. The van der Waals surface area contributed by atoms with Crippen LogP contribution in [0.1, 0.15) is 127 Å². The Labute approximate surface area is 709 Å². The number of piperazine rings is 3. The summed E-state index contributed by atoms with van der Waals surface area (Å²) in [5, 5.41) is 4.92. The summed E-state index contributed by atoms with van der Waals surface area (Å²) < 4.78 is 139. The molecule has 7 aliphatic rings. The molecule has 4 amide bonds. The van der Waals surface area contributed by atoms with Crippen molar-refractivity contribution in [2.45, 2.75) is 117 Å². The first-order valence-electron chi connectivity index (χ1n) is 42.1. The van der Waals surface area contributed by atoms with E-state index in [9.17, 15) is 66.4 Å². The average molecular weight is 1740 g/mol. The highest BCUT2D eigenvalue weighted by Gasteiger charge is 2.32. The molecule has 6 aliphatic heterocycles. The number of aryl methyl sites for hydroxylation is 1. The lowest BCUT2D eigenvalue weighted by atomic mass is 9.85. The number of hydrogen-bond donors (Lipinski definition) is 6. The van der Waals surface area contributed by atoms with Crippen LogP contribution in [0.15, 0.2) is 128 Å². The van der Waals surface area contributed by atoms with Gasteiger partial charge in [0.2, 0.25) is 47.8 Å². The number of carbonyl (C=O) groups excluding carboxylic acids is 4. The molecule has 11 aromatic rings. The molecule has 6 fully saturated rings. The summed E-state index contributed by atoms with van der Waals surface area (Å²) in [6, 6.07) is 23.5. The highest BCUT2D eigenvalue weighted by atomic mass is 32.2. The van der Waals surface area contributed by atoms with E-state index in [1.807, 2.05) is 57.7 Å². The molecular formula is C89H112F5N15O10S3. The SMILES string of the molecule is CC(=O)N1CCC(Cc2c[nH]c3cc(F)ccc23)CC1.CC(=O)N1CCC(c2c[nH]c3c2CCCC3)CC1.CC(=O)N1CCN(Cc2c[nH]c3cc(F)ccc23)CC1.CS(=O)(=O)N1CCC(Cc2c[nH]c3cc(F)ccc23)CC1.CS(=O)(=O)N1CCN(C(=O)c2c[nH]c3cc(F)ccc23)CC1.CS(=O)(=O)N1CCN(Cc2c[nH]c3cc(F)ccc23)CC1. The van der Waals surface area contributed by atoms with Gasteiger partial charge in [0.1, 0.15) is 29.1 Å². The summed E-state index contributed by atoms with van der Waals surface area (Å²) in [7, 11) is -9.38. The Kier molecular flexibility index (Phi) is 29.4. The lowest BCUT2D eigenvalue weighted by molar-refractivity contribution is -0.131. The maximum atomic E-state index is 13.2. The maximum Gasteiger partial charge on any atom is 0.256 e. The molecule has 12 heterocycles. The van der Waals surface area contributed by atoms with Gasteiger partial charge >= 0.3 is 0 Å². The van der Waals surface area contributed by atoms with E-state index in [0.717, 1.165) is 166 Å². The number of amides is 4. The molecule has 656 valence electrons. The molecule has 0 unspecified atom stereocenters. The van der Waals surface area contributed by atoms with Crippen molar-refractivity contribution < 1.29 is 66.4 Å². The number of aromatic amines is 6. The van der Waals surface area contributed by atoms with E-state index in [2.05, 4.69) is 45.9 Å². The molecule has 0 bridgehead atoms. The van der Waals surface area contributed by atoms with Gasteiger partial charge in [-0.15, -0.1) is 0 Å². The van der Waals surface area contributed by atoms with Crippen molar-refractivity contribution in [3.05, 3.63) is 202 Å². The minimum atomic E-state index is -3.22. The number of H-pyrrole nitrogens is 6. The monoisotopic (exact) mass is 1740 g/mol. The zero-order chi connectivity index (χ0) is 86.7. The molecule has 6 aromatic heterocycles. The zero-order valence-corrected chi connectivity index (χ0v) is 72.7. The number of aromatic nitrogens is 6. The molecular weight excluding hydrogens is 1630 g/mol. The summed E-state index contributed by atoms with van der Waals surface area (Å²) in [6.07, 6.45) is 28.4. The van der Waals surface area contributed by atoms with E-state index in [1.54, 1.807) is 59.4 Å². The minimum Gasteiger partial charge on any atom is -0.364 e. The van der Waals surface area contributed by atoms with Crippen LogP contribution in [0.4, 0.5) is 22.0 Å². The molecule has 5 aromatic carbocycles.